The highest BCUT2D eigenvalue weighted by atomic mass is 16.3. The minimum atomic E-state index is -0.0437. The molecule has 4 nitrogen and oxygen atoms in total. The van der Waals surface area contributed by atoms with Crippen LogP contribution in [0.4, 0.5) is 5.82 Å². The molecule has 0 atom stereocenters. The highest BCUT2D eigenvalue weighted by molar-refractivity contribution is 5.37. The quantitative estimate of drug-likeness (QED) is 0.870. The van der Waals surface area contributed by atoms with E-state index in [0.29, 0.717) is 11.7 Å². The smallest absolute Gasteiger partial charge is 0.151 e. The fourth-order valence-corrected chi connectivity index (χ4v) is 2.44. The molecule has 1 N–H and O–H groups in total. The summed E-state index contributed by atoms with van der Waals surface area (Å²) in [6.07, 6.45) is 5.08. The first-order valence-corrected chi connectivity index (χ1v) is 6.37. The summed E-state index contributed by atoms with van der Waals surface area (Å²) in [7, 11) is 2.09. The van der Waals surface area contributed by atoms with Gasteiger partial charge in [0.1, 0.15) is 0 Å². The molecule has 1 aromatic rings. The van der Waals surface area contributed by atoms with E-state index in [1.54, 1.807) is 0 Å². The molecule has 1 aromatic heterocycles. The second-order valence-corrected chi connectivity index (χ2v) is 5.07. The van der Waals surface area contributed by atoms with Crippen LogP contribution in [0.25, 0.3) is 0 Å². The number of nitrogens with zero attached hydrogens (tertiary/aromatic N) is 3. The zero-order valence-electron chi connectivity index (χ0n) is 10.6. The molecule has 0 amide bonds. The van der Waals surface area contributed by atoms with Crippen LogP contribution in [0, 0.1) is 5.92 Å². The minimum absolute atomic E-state index is 0.0437. The number of hydrogen-bond donors (Lipinski definition) is 1. The summed E-state index contributed by atoms with van der Waals surface area (Å²) < 4.78 is 0. The van der Waals surface area contributed by atoms with Gasteiger partial charge in [0, 0.05) is 13.1 Å². The molecule has 1 heterocycles. The fraction of sp³-hybridized carbons (Fsp3) is 0.692. The molecular weight excluding hydrogens is 214 g/mol. The second-order valence-electron chi connectivity index (χ2n) is 5.07. The molecule has 1 aliphatic carbocycles. The van der Waals surface area contributed by atoms with Crippen LogP contribution in [-0.2, 0) is 6.61 Å². The largest absolute Gasteiger partial charge is 0.390 e. The molecule has 1 aliphatic rings. The van der Waals surface area contributed by atoms with Crippen molar-refractivity contribution in [3.05, 3.63) is 17.8 Å². The van der Waals surface area contributed by atoms with E-state index < -0.39 is 0 Å². The maximum atomic E-state index is 8.93. The lowest BCUT2D eigenvalue weighted by atomic mass is 9.87. The van der Waals surface area contributed by atoms with Crippen LogP contribution in [0.2, 0.25) is 0 Å². The molecule has 0 spiro atoms. The Balaban J connectivity index is 2.00. The number of hydrogen-bond acceptors (Lipinski definition) is 4. The van der Waals surface area contributed by atoms with E-state index in [0.717, 1.165) is 11.7 Å². The van der Waals surface area contributed by atoms with Gasteiger partial charge in [-0.05, 0) is 43.7 Å². The van der Waals surface area contributed by atoms with Crippen molar-refractivity contribution in [3.8, 4) is 0 Å². The number of anilines is 1. The van der Waals surface area contributed by atoms with Crippen molar-refractivity contribution in [1.82, 2.24) is 10.2 Å². The second kappa shape index (κ2) is 5.45. The van der Waals surface area contributed by atoms with E-state index in [4.69, 9.17) is 5.11 Å². The Hall–Kier alpha value is -1.16. The third kappa shape index (κ3) is 2.94. The van der Waals surface area contributed by atoms with Crippen LogP contribution in [0.1, 0.15) is 38.3 Å². The Morgan fingerprint density at radius 1 is 1.24 bits per heavy atom. The summed E-state index contributed by atoms with van der Waals surface area (Å²) in [5.74, 6) is 1.77. The van der Waals surface area contributed by atoms with Crippen molar-refractivity contribution in [2.75, 3.05) is 11.9 Å². The lowest BCUT2D eigenvalue weighted by molar-refractivity contribution is 0.275. The average molecular weight is 235 g/mol. The van der Waals surface area contributed by atoms with E-state index in [1.165, 1.54) is 25.7 Å². The molecule has 94 valence electrons. The van der Waals surface area contributed by atoms with Crippen LogP contribution < -0.4 is 4.90 Å². The standard InChI is InChI=1S/C13H21N3O/c1-10-3-6-12(7-4-10)16(2)13-8-5-11(9-17)14-15-13/h5,8,10,12,17H,3-4,6-7,9H2,1-2H3. The van der Waals surface area contributed by atoms with Gasteiger partial charge >= 0.3 is 0 Å². The number of aliphatic hydroxyl groups excluding tert-OH is 1. The maximum absolute atomic E-state index is 8.93. The van der Waals surface area contributed by atoms with Gasteiger partial charge in [-0.1, -0.05) is 6.92 Å². The number of aromatic nitrogens is 2. The van der Waals surface area contributed by atoms with E-state index in [1.807, 2.05) is 12.1 Å². The fourth-order valence-electron chi connectivity index (χ4n) is 2.44. The average Bonchev–Trinajstić information content (AvgIpc) is 2.39. The van der Waals surface area contributed by atoms with Crippen molar-refractivity contribution >= 4 is 5.82 Å². The molecule has 1 saturated carbocycles. The molecular formula is C13H21N3O. The number of rotatable bonds is 3. The van der Waals surface area contributed by atoms with Gasteiger partial charge in [-0.15, -0.1) is 5.10 Å². The van der Waals surface area contributed by atoms with Gasteiger partial charge in [0.15, 0.2) is 5.82 Å². The van der Waals surface area contributed by atoms with E-state index in [9.17, 15) is 0 Å². The summed E-state index contributed by atoms with van der Waals surface area (Å²) in [5.41, 5.74) is 0.624. The molecule has 4 heteroatoms. The van der Waals surface area contributed by atoms with Crippen LogP contribution >= 0.6 is 0 Å². The molecule has 2 rings (SSSR count). The summed E-state index contributed by atoms with van der Waals surface area (Å²) >= 11 is 0. The normalized spacial score (nSPS) is 24.6. The first-order valence-electron chi connectivity index (χ1n) is 6.37. The van der Waals surface area contributed by atoms with Crippen LogP contribution in [0.5, 0.6) is 0 Å². The molecule has 0 saturated heterocycles. The van der Waals surface area contributed by atoms with Crippen molar-refractivity contribution in [3.63, 3.8) is 0 Å². The lowest BCUT2D eigenvalue weighted by Crippen LogP contribution is -2.35. The Labute approximate surface area is 103 Å². The molecule has 17 heavy (non-hydrogen) atoms. The predicted octanol–water partition coefficient (Wildman–Crippen LogP) is 1.98. The van der Waals surface area contributed by atoms with Crippen molar-refractivity contribution in [1.29, 1.82) is 0 Å². The van der Waals surface area contributed by atoms with E-state index in [-0.39, 0.29) is 6.61 Å². The van der Waals surface area contributed by atoms with Gasteiger partial charge < -0.3 is 10.0 Å². The van der Waals surface area contributed by atoms with Gasteiger partial charge in [-0.3, -0.25) is 0 Å². The minimum Gasteiger partial charge on any atom is -0.390 e. The van der Waals surface area contributed by atoms with Crippen molar-refractivity contribution in [2.24, 2.45) is 5.92 Å². The zero-order chi connectivity index (χ0) is 12.3. The third-order valence-corrected chi connectivity index (χ3v) is 3.76. The van der Waals surface area contributed by atoms with Crippen LogP contribution in [-0.4, -0.2) is 28.4 Å². The highest BCUT2D eigenvalue weighted by Gasteiger charge is 2.22. The zero-order valence-corrected chi connectivity index (χ0v) is 10.6. The highest BCUT2D eigenvalue weighted by Crippen LogP contribution is 2.28. The van der Waals surface area contributed by atoms with Crippen molar-refractivity contribution < 1.29 is 5.11 Å². The van der Waals surface area contributed by atoms with E-state index in [2.05, 4.69) is 29.1 Å². The molecule has 0 bridgehead atoms. The monoisotopic (exact) mass is 235 g/mol. The van der Waals surface area contributed by atoms with Gasteiger partial charge in [0.05, 0.1) is 12.3 Å². The molecule has 0 aliphatic heterocycles. The summed E-state index contributed by atoms with van der Waals surface area (Å²) in [5, 5.41) is 17.1. The van der Waals surface area contributed by atoms with Gasteiger partial charge in [0.25, 0.3) is 0 Å². The molecule has 0 aromatic carbocycles. The SMILES string of the molecule is CC1CCC(N(C)c2ccc(CO)nn2)CC1. The topological polar surface area (TPSA) is 49.2 Å². The van der Waals surface area contributed by atoms with Gasteiger partial charge in [0.2, 0.25) is 0 Å². The van der Waals surface area contributed by atoms with Gasteiger partial charge in [-0.2, -0.15) is 5.10 Å². The van der Waals surface area contributed by atoms with Crippen LogP contribution in [0.15, 0.2) is 12.1 Å². The van der Waals surface area contributed by atoms with Crippen molar-refractivity contribution in [2.45, 2.75) is 45.3 Å². The lowest BCUT2D eigenvalue weighted by Gasteiger charge is -2.34. The Morgan fingerprint density at radius 3 is 2.47 bits per heavy atom. The molecule has 1 fully saturated rings. The van der Waals surface area contributed by atoms with Crippen LogP contribution in [0.3, 0.4) is 0 Å². The number of aliphatic hydroxyl groups is 1. The first kappa shape index (κ1) is 12.3. The Kier molecular flexibility index (Phi) is 3.94. The molecule has 0 radical (unpaired) electrons. The van der Waals surface area contributed by atoms with Gasteiger partial charge in [-0.25, -0.2) is 0 Å². The maximum Gasteiger partial charge on any atom is 0.151 e. The summed E-state index contributed by atoms with van der Waals surface area (Å²) in [6.45, 7) is 2.28. The third-order valence-electron chi connectivity index (χ3n) is 3.76. The predicted molar refractivity (Wildman–Crippen MR) is 67.8 cm³/mol. The summed E-state index contributed by atoms with van der Waals surface area (Å²) in [6, 6.07) is 4.36. The van der Waals surface area contributed by atoms with E-state index >= 15 is 0 Å². The first-order chi connectivity index (χ1) is 8.20. The Morgan fingerprint density at radius 2 is 1.94 bits per heavy atom. The Bertz CT molecular complexity index is 344. The summed E-state index contributed by atoms with van der Waals surface area (Å²) in [4.78, 5) is 2.22. The molecule has 0 unspecified atom stereocenters.